The molecule has 0 aromatic carbocycles. The van der Waals surface area contributed by atoms with Crippen LogP contribution in [0.5, 0.6) is 0 Å². The molecule has 13 heavy (non-hydrogen) atoms. The van der Waals surface area contributed by atoms with E-state index in [2.05, 4.69) is 15.7 Å². The minimum atomic E-state index is 0.0340. The van der Waals surface area contributed by atoms with Gasteiger partial charge in [-0.25, -0.2) is 0 Å². The lowest BCUT2D eigenvalue weighted by Gasteiger charge is -2.10. The second-order valence-corrected chi connectivity index (χ2v) is 3.33. The molecule has 0 aliphatic carbocycles. The molecule has 0 spiro atoms. The Balaban J connectivity index is 2.39. The highest BCUT2D eigenvalue weighted by Crippen LogP contribution is 2.24. The maximum atomic E-state index is 11.3. The fourth-order valence-corrected chi connectivity index (χ4v) is 1.46. The fourth-order valence-electron chi connectivity index (χ4n) is 1.46. The highest BCUT2D eigenvalue weighted by Gasteiger charge is 2.19. The Morgan fingerprint density at radius 2 is 2.46 bits per heavy atom. The van der Waals surface area contributed by atoms with E-state index in [0.29, 0.717) is 6.42 Å². The quantitative estimate of drug-likeness (QED) is 0.613. The van der Waals surface area contributed by atoms with Crippen LogP contribution in [-0.2, 0) is 11.8 Å². The number of carbonyl (C=O) groups excluding carboxylic acids is 1. The first-order valence-corrected chi connectivity index (χ1v) is 4.25. The van der Waals surface area contributed by atoms with Crippen molar-refractivity contribution < 1.29 is 4.79 Å². The number of rotatable bonds is 0. The number of hydrogen-bond donors (Lipinski definition) is 2. The molecule has 1 aromatic rings. The van der Waals surface area contributed by atoms with Crippen molar-refractivity contribution in [3.8, 4) is 0 Å². The molecule has 1 unspecified atom stereocenters. The Kier molecular flexibility index (Phi) is 1.72. The van der Waals surface area contributed by atoms with E-state index in [0.717, 1.165) is 11.5 Å². The molecule has 1 atom stereocenters. The molecule has 2 heterocycles. The second-order valence-electron chi connectivity index (χ2n) is 3.33. The normalized spacial score (nSPS) is 21.4. The van der Waals surface area contributed by atoms with Crippen LogP contribution < -0.4 is 10.6 Å². The third kappa shape index (κ3) is 1.37. The van der Waals surface area contributed by atoms with E-state index >= 15 is 0 Å². The standard InChI is InChI=1S/C8H12N4O/c1-5-3-7(13)11-6-4-9-12(2)8(6)10-5/h4-5,10H,3H2,1-2H3,(H,11,13). The number of nitrogens with one attached hydrogen (secondary N) is 2. The Labute approximate surface area is 76.1 Å². The van der Waals surface area contributed by atoms with Crippen LogP contribution >= 0.6 is 0 Å². The van der Waals surface area contributed by atoms with E-state index in [1.54, 1.807) is 10.9 Å². The van der Waals surface area contributed by atoms with Gasteiger partial charge in [-0.15, -0.1) is 0 Å². The average molecular weight is 180 g/mol. The van der Waals surface area contributed by atoms with E-state index in [1.807, 2.05) is 14.0 Å². The van der Waals surface area contributed by atoms with E-state index in [-0.39, 0.29) is 11.9 Å². The topological polar surface area (TPSA) is 59.0 Å². The van der Waals surface area contributed by atoms with Gasteiger partial charge in [0.1, 0.15) is 11.5 Å². The summed E-state index contributed by atoms with van der Waals surface area (Å²) in [6.07, 6.45) is 2.15. The van der Waals surface area contributed by atoms with Gasteiger partial charge >= 0.3 is 0 Å². The molecule has 1 amide bonds. The Morgan fingerprint density at radius 1 is 1.69 bits per heavy atom. The lowest BCUT2D eigenvalue weighted by Crippen LogP contribution is -2.20. The van der Waals surface area contributed by atoms with Crippen LogP contribution in [0.15, 0.2) is 6.20 Å². The van der Waals surface area contributed by atoms with Gasteiger partial charge in [-0.3, -0.25) is 9.48 Å². The van der Waals surface area contributed by atoms with Crippen molar-refractivity contribution >= 4 is 17.4 Å². The summed E-state index contributed by atoms with van der Waals surface area (Å²) < 4.78 is 1.72. The van der Waals surface area contributed by atoms with Crippen molar-refractivity contribution in [2.75, 3.05) is 10.6 Å². The number of fused-ring (bicyclic) bond motifs is 1. The lowest BCUT2D eigenvalue weighted by molar-refractivity contribution is -0.116. The van der Waals surface area contributed by atoms with Crippen molar-refractivity contribution in [3.05, 3.63) is 6.20 Å². The first-order chi connectivity index (χ1) is 6.16. The van der Waals surface area contributed by atoms with Gasteiger partial charge in [-0.1, -0.05) is 0 Å². The number of hydrogen-bond acceptors (Lipinski definition) is 3. The monoisotopic (exact) mass is 180 g/mol. The smallest absolute Gasteiger partial charge is 0.226 e. The molecule has 5 nitrogen and oxygen atoms in total. The maximum absolute atomic E-state index is 11.3. The molecule has 2 N–H and O–H groups in total. The first kappa shape index (κ1) is 8.10. The summed E-state index contributed by atoms with van der Waals surface area (Å²) in [6.45, 7) is 1.97. The SMILES string of the molecule is CC1CC(=O)Nc2cnn(C)c2N1. The van der Waals surface area contributed by atoms with Crippen molar-refractivity contribution in [3.63, 3.8) is 0 Å². The molecule has 0 radical (unpaired) electrons. The molecule has 2 rings (SSSR count). The highest BCUT2D eigenvalue weighted by atomic mass is 16.1. The van der Waals surface area contributed by atoms with Crippen molar-refractivity contribution in [2.24, 2.45) is 7.05 Å². The molecule has 1 aliphatic heterocycles. The summed E-state index contributed by atoms with van der Waals surface area (Å²) in [6, 6.07) is 0.150. The predicted molar refractivity (Wildman–Crippen MR) is 49.5 cm³/mol. The molecule has 1 aromatic heterocycles. The van der Waals surface area contributed by atoms with Crippen LogP contribution in [0.2, 0.25) is 0 Å². The number of nitrogens with zero attached hydrogens (tertiary/aromatic N) is 2. The van der Waals surface area contributed by atoms with Crippen molar-refractivity contribution in [2.45, 2.75) is 19.4 Å². The Morgan fingerprint density at radius 3 is 3.23 bits per heavy atom. The molecule has 0 bridgehead atoms. The van der Waals surface area contributed by atoms with Gasteiger partial charge in [0, 0.05) is 19.5 Å². The third-order valence-corrected chi connectivity index (χ3v) is 2.09. The molecule has 0 saturated heterocycles. The predicted octanol–water partition coefficient (Wildman–Crippen LogP) is 0.563. The number of anilines is 2. The maximum Gasteiger partial charge on any atom is 0.226 e. The van der Waals surface area contributed by atoms with E-state index in [4.69, 9.17) is 0 Å². The van der Waals surface area contributed by atoms with E-state index < -0.39 is 0 Å². The first-order valence-electron chi connectivity index (χ1n) is 4.25. The van der Waals surface area contributed by atoms with Crippen LogP contribution in [0.25, 0.3) is 0 Å². The molecule has 70 valence electrons. The summed E-state index contributed by atoms with van der Waals surface area (Å²) >= 11 is 0. The summed E-state index contributed by atoms with van der Waals surface area (Å²) in [4.78, 5) is 11.3. The molecular formula is C8H12N4O. The third-order valence-electron chi connectivity index (χ3n) is 2.09. The van der Waals surface area contributed by atoms with E-state index in [1.165, 1.54) is 0 Å². The fraction of sp³-hybridized carbons (Fsp3) is 0.500. The minimum Gasteiger partial charge on any atom is -0.366 e. The largest absolute Gasteiger partial charge is 0.366 e. The van der Waals surface area contributed by atoms with Gasteiger partial charge in [0.25, 0.3) is 0 Å². The number of aromatic nitrogens is 2. The molecule has 5 heteroatoms. The van der Waals surface area contributed by atoms with Crippen LogP contribution in [0, 0.1) is 0 Å². The van der Waals surface area contributed by atoms with Crippen molar-refractivity contribution in [1.82, 2.24) is 9.78 Å². The molecule has 1 aliphatic rings. The van der Waals surface area contributed by atoms with Crippen LogP contribution in [0.4, 0.5) is 11.5 Å². The lowest BCUT2D eigenvalue weighted by atomic mass is 10.2. The zero-order valence-corrected chi connectivity index (χ0v) is 7.66. The van der Waals surface area contributed by atoms with Gasteiger partial charge < -0.3 is 10.6 Å². The molecular weight excluding hydrogens is 168 g/mol. The zero-order valence-electron chi connectivity index (χ0n) is 7.66. The van der Waals surface area contributed by atoms with Crippen LogP contribution in [0.3, 0.4) is 0 Å². The number of carbonyl (C=O) groups is 1. The van der Waals surface area contributed by atoms with Gasteiger partial charge in [0.2, 0.25) is 5.91 Å². The summed E-state index contributed by atoms with van der Waals surface area (Å²) in [7, 11) is 1.84. The van der Waals surface area contributed by atoms with Crippen molar-refractivity contribution in [1.29, 1.82) is 0 Å². The minimum absolute atomic E-state index is 0.0340. The number of amides is 1. The van der Waals surface area contributed by atoms with E-state index in [9.17, 15) is 4.79 Å². The molecule has 0 saturated carbocycles. The molecule has 0 fully saturated rings. The van der Waals surface area contributed by atoms with Gasteiger partial charge in [-0.05, 0) is 6.92 Å². The summed E-state index contributed by atoms with van der Waals surface area (Å²) in [5.74, 6) is 0.908. The highest BCUT2D eigenvalue weighted by molar-refractivity contribution is 5.95. The zero-order chi connectivity index (χ0) is 9.42. The average Bonchev–Trinajstić information content (AvgIpc) is 2.32. The van der Waals surface area contributed by atoms with Gasteiger partial charge in [-0.2, -0.15) is 5.10 Å². The number of aryl methyl sites for hydroxylation is 1. The summed E-state index contributed by atoms with van der Waals surface area (Å²) in [5.41, 5.74) is 0.761. The van der Waals surface area contributed by atoms with Gasteiger partial charge in [0.15, 0.2) is 0 Å². The van der Waals surface area contributed by atoms with Crippen LogP contribution in [-0.4, -0.2) is 21.7 Å². The Hall–Kier alpha value is -1.52. The summed E-state index contributed by atoms with van der Waals surface area (Å²) in [5, 5.41) is 10.1. The Bertz CT molecular complexity index is 344. The second kappa shape index (κ2) is 2.76. The van der Waals surface area contributed by atoms with Crippen LogP contribution in [0.1, 0.15) is 13.3 Å². The van der Waals surface area contributed by atoms with Gasteiger partial charge in [0.05, 0.1) is 6.20 Å².